The van der Waals surface area contributed by atoms with Gasteiger partial charge in [0.25, 0.3) is 0 Å². The van der Waals surface area contributed by atoms with Gasteiger partial charge in [-0.2, -0.15) is 0 Å². The van der Waals surface area contributed by atoms with E-state index in [1.165, 1.54) is 12.8 Å². The van der Waals surface area contributed by atoms with E-state index in [-0.39, 0.29) is 5.38 Å². The van der Waals surface area contributed by atoms with E-state index in [9.17, 15) is 0 Å². The van der Waals surface area contributed by atoms with Gasteiger partial charge in [0.05, 0.1) is 5.38 Å². The van der Waals surface area contributed by atoms with Gasteiger partial charge in [0.2, 0.25) is 0 Å². The summed E-state index contributed by atoms with van der Waals surface area (Å²) in [4.78, 5) is 0. The smallest absolute Gasteiger partial charge is 0.0523 e. The first-order valence-electron chi connectivity index (χ1n) is 5.29. The van der Waals surface area contributed by atoms with Crippen LogP contribution in [0.25, 0.3) is 0 Å². The van der Waals surface area contributed by atoms with Crippen LogP contribution in [-0.2, 0) is 0 Å². The van der Waals surface area contributed by atoms with E-state index in [1.54, 1.807) is 5.57 Å². The molecule has 0 N–H and O–H groups in total. The topological polar surface area (TPSA) is 0 Å². The lowest BCUT2D eigenvalue weighted by Crippen LogP contribution is -2.24. The molecule has 1 rings (SSSR count). The minimum absolute atomic E-state index is 0.257. The third-order valence-electron chi connectivity index (χ3n) is 3.07. The van der Waals surface area contributed by atoms with E-state index in [1.807, 2.05) is 0 Å². The number of alkyl halides is 1. The van der Waals surface area contributed by atoms with Gasteiger partial charge < -0.3 is 0 Å². The summed E-state index contributed by atoms with van der Waals surface area (Å²) in [6, 6.07) is 0. The highest BCUT2D eigenvalue weighted by Gasteiger charge is 2.28. The van der Waals surface area contributed by atoms with Crippen LogP contribution in [0.1, 0.15) is 47.0 Å². The van der Waals surface area contributed by atoms with Crippen LogP contribution in [0.15, 0.2) is 11.6 Å². The molecule has 0 amide bonds. The number of rotatable bonds is 2. The molecule has 0 aromatic rings. The monoisotopic (exact) mass is 200 g/mol. The molecule has 0 fully saturated rings. The Morgan fingerprint density at radius 2 is 2.23 bits per heavy atom. The molecule has 0 radical (unpaired) electrons. The zero-order valence-electron chi connectivity index (χ0n) is 9.23. The fourth-order valence-electron chi connectivity index (χ4n) is 2.10. The zero-order chi connectivity index (χ0) is 10.1. The van der Waals surface area contributed by atoms with Gasteiger partial charge in [0, 0.05) is 0 Å². The number of halogens is 1. The van der Waals surface area contributed by atoms with Crippen molar-refractivity contribution in [1.82, 2.24) is 0 Å². The Hall–Kier alpha value is 0.0300. The molecule has 2 unspecified atom stereocenters. The van der Waals surface area contributed by atoms with Gasteiger partial charge >= 0.3 is 0 Å². The van der Waals surface area contributed by atoms with E-state index in [4.69, 9.17) is 11.6 Å². The van der Waals surface area contributed by atoms with Crippen LogP contribution < -0.4 is 0 Å². The molecule has 1 aliphatic carbocycles. The quantitative estimate of drug-likeness (QED) is 0.458. The van der Waals surface area contributed by atoms with Gasteiger partial charge in [-0.1, -0.05) is 39.3 Å². The minimum Gasteiger partial charge on any atom is -0.118 e. The fraction of sp³-hybridized carbons (Fsp3) is 0.833. The van der Waals surface area contributed by atoms with Gasteiger partial charge in [-0.3, -0.25) is 0 Å². The van der Waals surface area contributed by atoms with E-state index in [0.29, 0.717) is 11.3 Å². The van der Waals surface area contributed by atoms with Crippen LogP contribution in [0.5, 0.6) is 0 Å². The predicted octanol–water partition coefficient (Wildman–Crippen LogP) is 4.39. The summed E-state index contributed by atoms with van der Waals surface area (Å²) in [6.45, 7) is 9.18. The highest BCUT2D eigenvalue weighted by molar-refractivity contribution is 6.21. The molecular formula is C12H21Cl. The molecule has 0 heterocycles. The summed E-state index contributed by atoms with van der Waals surface area (Å²) >= 11 is 6.22. The SMILES string of the molecule is CCC(C)C1=CC(Cl)CC(C)(C)C1. The predicted molar refractivity (Wildman–Crippen MR) is 60.2 cm³/mol. The molecule has 76 valence electrons. The van der Waals surface area contributed by atoms with Crippen LogP contribution in [0, 0.1) is 11.3 Å². The Morgan fingerprint density at radius 3 is 2.69 bits per heavy atom. The Balaban J connectivity index is 2.75. The lowest BCUT2D eigenvalue weighted by molar-refractivity contribution is 0.308. The molecule has 0 aliphatic heterocycles. The maximum absolute atomic E-state index is 6.22. The second-order valence-electron chi connectivity index (χ2n) is 5.11. The van der Waals surface area contributed by atoms with Gasteiger partial charge in [0.1, 0.15) is 0 Å². The Kier molecular flexibility index (Phi) is 3.45. The Bertz CT molecular complexity index is 203. The lowest BCUT2D eigenvalue weighted by Gasteiger charge is -2.34. The standard InChI is InChI=1S/C12H21Cl/c1-5-9(2)10-6-11(13)8-12(3,4)7-10/h6,9,11H,5,7-8H2,1-4H3. The molecule has 0 bridgehead atoms. The van der Waals surface area contributed by atoms with Crippen molar-refractivity contribution in [3.8, 4) is 0 Å². The molecule has 0 spiro atoms. The van der Waals surface area contributed by atoms with Crippen molar-refractivity contribution in [2.24, 2.45) is 11.3 Å². The molecule has 0 aromatic heterocycles. The first kappa shape index (κ1) is 11.1. The second-order valence-corrected chi connectivity index (χ2v) is 5.67. The second kappa shape index (κ2) is 4.04. The van der Waals surface area contributed by atoms with Crippen LogP contribution in [0.2, 0.25) is 0 Å². The first-order valence-corrected chi connectivity index (χ1v) is 5.73. The van der Waals surface area contributed by atoms with Crippen molar-refractivity contribution in [2.75, 3.05) is 0 Å². The van der Waals surface area contributed by atoms with Crippen LogP contribution >= 0.6 is 11.6 Å². The average Bonchev–Trinajstić information content (AvgIpc) is 1.99. The summed E-state index contributed by atoms with van der Waals surface area (Å²) in [5.74, 6) is 0.709. The molecule has 0 aromatic carbocycles. The largest absolute Gasteiger partial charge is 0.118 e. The van der Waals surface area contributed by atoms with Crippen molar-refractivity contribution < 1.29 is 0 Å². The van der Waals surface area contributed by atoms with Crippen LogP contribution in [-0.4, -0.2) is 5.38 Å². The van der Waals surface area contributed by atoms with Crippen molar-refractivity contribution in [3.63, 3.8) is 0 Å². The molecule has 13 heavy (non-hydrogen) atoms. The van der Waals surface area contributed by atoms with Crippen molar-refractivity contribution in [1.29, 1.82) is 0 Å². The molecular weight excluding hydrogens is 180 g/mol. The third-order valence-corrected chi connectivity index (χ3v) is 3.35. The van der Waals surface area contributed by atoms with E-state index < -0.39 is 0 Å². The van der Waals surface area contributed by atoms with Crippen molar-refractivity contribution in [3.05, 3.63) is 11.6 Å². The molecule has 2 atom stereocenters. The Morgan fingerprint density at radius 1 is 1.62 bits per heavy atom. The van der Waals surface area contributed by atoms with Gasteiger partial charge in [-0.05, 0) is 30.6 Å². The summed E-state index contributed by atoms with van der Waals surface area (Å²) in [5, 5.41) is 0.257. The van der Waals surface area contributed by atoms with Crippen LogP contribution in [0.3, 0.4) is 0 Å². The first-order chi connectivity index (χ1) is 5.94. The molecule has 0 nitrogen and oxygen atoms in total. The average molecular weight is 201 g/mol. The number of allylic oxidation sites excluding steroid dienone is 2. The van der Waals surface area contributed by atoms with Crippen molar-refractivity contribution >= 4 is 11.6 Å². The lowest BCUT2D eigenvalue weighted by atomic mass is 9.74. The van der Waals surface area contributed by atoms with Crippen LogP contribution in [0.4, 0.5) is 0 Å². The highest BCUT2D eigenvalue weighted by Crippen LogP contribution is 2.40. The molecule has 1 aliphatic rings. The third kappa shape index (κ3) is 3.02. The maximum Gasteiger partial charge on any atom is 0.0523 e. The highest BCUT2D eigenvalue weighted by atomic mass is 35.5. The van der Waals surface area contributed by atoms with E-state index >= 15 is 0 Å². The minimum atomic E-state index is 0.257. The Labute approximate surface area is 87.4 Å². The van der Waals surface area contributed by atoms with Crippen molar-refractivity contribution in [2.45, 2.75) is 52.3 Å². The van der Waals surface area contributed by atoms with Gasteiger partial charge in [-0.15, -0.1) is 11.6 Å². The summed E-state index contributed by atoms with van der Waals surface area (Å²) in [5.41, 5.74) is 1.97. The van der Waals surface area contributed by atoms with Gasteiger partial charge in [0.15, 0.2) is 0 Å². The molecule has 0 saturated heterocycles. The number of hydrogen-bond acceptors (Lipinski definition) is 0. The van der Waals surface area contributed by atoms with Gasteiger partial charge in [-0.25, -0.2) is 0 Å². The maximum atomic E-state index is 6.22. The zero-order valence-corrected chi connectivity index (χ0v) is 9.99. The molecule has 1 heteroatoms. The summed E-state index contributed by atoms with van der Waals surface area (Å²) in [7, 11) is 0. The van der Waals surface area contributed by atoms with E-state index in [0.717, 1.165) is 6.42 Å². The normalized spacial score (nSPS) is 29.6. The summed E-state index contributed by atoms with van der Waals surface area (Å²) in [6.07, 6.45) is 5.85. The van der Waals surface area contributed by atoms with E-state index in [2.05, 4.69) is 33.8 Å². The summed E-state index contributed by atoms with van der Waals surface area (Å²) < 4.78 is 0. The number of hydrogen-bond donors (Lipinski definition) is 0. The fourth-order valence-corrected chi connectivity index (χ4v) is 2.68. The molecule has 0 saturated carbocycles.